The maximum atomic E-state index is 12.5. The van der Waals surface area contributed by atoms with Crippen LogP contribution < -0.4 is 5.32 Å². The van der Waals surface area contributed by atoms with E-state index in [4.69, 9.17) is 4.74 Å². The minimum absolute atomic E-state index is 0.116. The number of rotatable bonds is 3. The van der Waals surface area contributed by atoms with E-state index in [0.717, 1.165) is 16.5 Å². The van der Waals surface area contributed by atoms with Crippen LogP contribution in [0.4, 0.5) is 5.82 Å². The van der Waals surface area contributed by atoms with Gasteiger partial charge in [0.05, 0.1) is 0 Å². The van der Waals surface area contributed by atoms with E-state index in [2.05, 4.69) is 16.4 Å². The molecule has 1 aliphatic heterocycles. The number of cyclic esters (lactones) is 1. The molecule has 27 heavy (non-hydrogen) atoms. The van der Waals surface area contributed by atoms with Crippen molar-refractivity contribution in [3.8, 4) is 5.75 Å². The van der Waals surface area contributed by atoms with Gasteiger partial charge in [-0.2, -0.15) is 0 Å². The van der Waals surface area contributed by atoms with Crippen molar-refractivity contribution in [2.24, 2.45) is 0 Å². The second kappa shape index (κ2) is 6.27. The number of phenolic OH excluding ortho intramolecular Hbond substituents is 1. The highest BCUT2D eigenvalue weighted by Crippen LogP contribution is 2.39. The van der Waals surface area contributed by atoms with E-state index in [9.17, 15) is 9.90 Å². The molecule has 4 rings (SSSR count). The highest BCUT2D eigenvalue weighted by Gasteiger charge is 2.45. The largest absolute Gasteiger partial charge is 0.506 e. The lowest BCUT2D eigenvalue weighted by atomic mass is 9.87. The van der Waals surface area contributed by atoms with Crippen molar-refractivity contribution in [2.75, 3.05) is 5.32 Å². The number of anilines is 1. The van der Waals surface area contributed by atoms with Crippen molar-refractivity contribution in [1.29, 1.82) is 0 Å². The first-order chi connectivity index (χ1) is 12.9. The molecule has 138 valence electrons. The monoisotopic (exact) mass is 362 g/mol. The molecule has 0 bridgehead atoms. The van der Waals surface area contributed by atoms with E-state index in [1.807, 2.05) is 51.1 Å². The number of hydrogen-bond donors (Lipinski definition) is 2. The lowest BCUT2D eigenvalue weighted by molar-refractivity contribution is -0.148. The highest BCUT2D eigenvalue weighted by molar-refractivity contribution is 5.87. The number of benzene rings is 2. The molecule has 0 aliphatic carbocycles. The summed E-state index contributed by atoms with van der Waals surface area (Å²) in [6, 6.07) is 14.6. The Balaban J connectivity index is 1.60. The molecule has 2 N–H and O–H groups in total. The van der Waals surface area contributed by atoms with Crippen LogP contribution in [0.2, 0.25) is 0 Å². The normalized spacial score (nSPS) is 22.0. The van der Waals surface area contributed by atoms with Gasteiger partial charge in [0.1, 0.15) is 28.7 Å². The van der Waals surface area contributed by atoms with Gasteiger partial charge in [-0.1, -0.05) is 35.9 Å². The average Bonchev–Trinajstić information content (AvgIpc) is 2.90. The summed E-state index contributed by atoms with van der Waals surface area (Å²) in [6.07, 6.45) is 0.510. The Morgan fingerprint density at radius 3 is 2.78 bits per heavy atom. The summed E-state index contributed by atoms with van der Waals surface area (Å²) in [5, 5.41) is 14.0. The molecule has 1 saturated heterocycles. The van der Waals surface area contributed by atoms with E-state index in [1.165, 1.54) is 5.56 Å². The number of carbonyl (C=O) groups is 1. The summed E-state index contributed by atoms with van der Waals surface area (Å²) in [6.45, 7) is 6.03. The molecule has 2 atom stereocenters. The van der Waals surface area contributed by atoms with Crippen LogP contribution in [-0.4, -0.2) is 22.1 Å². The number of pyridine rings is 1. The van der Waals surface area contributed by atoms with Crippen molar-refractivity contribution in [1.82, 2.24) is 4.98 Å². The number of fused-ring (bicyclic) bond motifs is 1. The topological polar surface area (TPSA) is 71.5 Å². The Morgan fingerprint density at radius 2 is 2.00 bits per heavy atom. The quantitative estimate of drug-likeness (QED) is 0.683. The first-order valence-electron chi connectivity index (χ1n) is 9.02. The lowest BCUT2D eigenvalue weighted by Crippen LogP contribution is -2.25. The fourth-order valence-electron chi connectivity index (χ4n) is 3.88. The third-order valence-corrected chi connectivity index (χ3v) is 5.18. The van der Waals surface area contributed by atoms with E-state index < -0.39 is 11.6 Å². The fourth-order valence-corrected chi connectivity index (χ4v) is 3.88. The third-order valence-electron chi connectivity index (χ3n) is 5.18. The zero-order chi connectivity index (χ0) is 19.2. The van der Waals surface area contributed by atoms with Gasteiger partial charge < -0.3 is 15.2 Å². The van der Waals surface area contributed by atoms with Crippen LogP contribution in [0, 0.1) is 13.8 Å². The van der Waals surface area contributed by atoms with Gasteiger partial charge in [0.2, 0.25) is 0 Å². The molecule has 1 fully saturated rings. The van der Waals surface area contributed by atoms with Crippen LogP contribution >= 0.6 is 0 Å². The number of ether oxygens (including phenoxy) is 1. The van der Waals surface area contributed by atoms with Gasteiger partial charge in [0.25, 0.3) is 0 Å². The Labute approximate surface area is 158 Å². The highest BCUT2D eigenvalue weighted by atomic mass is 16.6. The molecule has 1 aliphatic rings. The second-order valence-corrected chi connectivity index (χ2v) is 7.42. The Hall–Kier alpha value is -3.08. The Kier molecular flexibility index (Phi) is 4.02. The zero-order valence-electron chi connectivity index (χ0n) is 15.6. The van der Waals surface area contributed by atoms with Crippen molar-refractivity contribution < 1.29 is 14.6 Å². The van der Waals surface area contributed by atoms with Crippen molar-refractivity contribution in [2.45, 2.75) is 38.8 Å². The van der Waals surface area contributed by atoms with Crippen LogP contribution in [0.25, 0.3) is 10.9 Å². The van der Waals surface area contributed by atoms with Crippen LogP contribution in [0.1, 0.15) is 30.0 Å². The molecule has 3 aromatic rings. The number of aromatic nitrogens is 1. The lowest BCUT2D eigenvalue weighted by Gasteiger charge is -2.25. The molecule has 0 radical (unpaired) electrons. The summed E-state index contributed by atoms with van der Waals surface area (Å²) >= 11 is 0. The van der Waals surface area contributed by atoms with Crippen molar-refractivity contribution >= 4 is 22.7 Å². The maximum absolute atomic E-state index is 12.5. The summed E-state index contributed by atoms with van der Waals surface area (Å²) in [7, 11) is 0. The zero-order valence-corrected chi connectivity index (χ0v) is 15.6. The molecule has 2 heterocycles. The number of esters is 1. The third kappa shape index (κ3) is 3.10. The van der Waals surface area contributed by atoms with Gasteiger partial charge >= 0.3 is 5.97 Å². The smallest absolute Gasteiger partial charge is 0.329 e. The molecular weight excluding hydrogens is 340 g/mol. The van der Waals surface area contributed by atoms with Crippen LogP contribution in [-0.2, 0) is 15.1 Å². The molecule has 0 amide bonds. The van der Waals surface area contributed by atoms with E-state index in [1.54, 1.807) is 12.1 Å². The predicted octanol–water partition coefficient (Wildman–Crippen LogP) is 4.20. The van der Waals surface area contributed by atoms with E-state index in [-0.39, 0.29) is 11.7 Å². The van der Waals surface area contributed by atoms with Gasteiger partial charge in [-0.25, -0.2) is 9.78 Å². The molecule has 0 saturated carbocycles. The van der Waals surface area contributed by atoms with E-state index in [0.29, 0.717) is 17.8 Å². The first kappa shape index (κ1) is 17.3. The molecule has 5 nitrogen and oxygen atoms in total. The van der Waals surface area contributed by atoms with Gasteiger partial charge in [0.15, 0.2) is 0 Å². The van der Waals surface area contributed by atoms with Crippen LogP contribution in [0.3, 0.4) is 0 Å². The van der Waals surface area contributed by atoms with Gasteiger partial charge in [-0.05, 0) is 50.1 Å². The second-order valence-electron chi connectivity index (χ2n) is 7.42. The standard InChI is InChI=1S/C22H22N2O3/c1-13-7-9-16(14(2)11-13)22(3)12-17(21(26)27-22)23-19-10-8-15-5-4-6-18(25)20(15)24-19/h4-11,17,25H,12H2,1-3H3,(H,23,24). The number of aromatic hydroxyl groups is 1. The minimum Gasteiger partial charge on any atom is -0.506 e. The van der Waals surface area contributed by atoms with Crippen molar-refractivity contribution in [3.63, 3.8) is 0 Å². The fraction of sp³-hybridized carbons (Fsp3) is 0.273. The molecule has 5 heteroatoms. The van der Waals surface area contributed by atoms with Crippen LogP contribution in [0.5, 0.6) is 5.75 Å². The number of hydrogen-bond acceptors (Lipinski definition) is 5. The number of phenols is 1. The number of nitrogens with zero attached hydrogens (tertiary/aromatic N) is 1. The molecular formula is C22H22N2O3. The predicted molar refractivity (Wildman–Crippen MR) is 105 cm³/mol. The summed E-state index contributed by atoms with van der Waals surface area (Å²) in [5.41, 5.74) is 3.14. The number of para-hydroxylation sites is 1. The van der Waals surface area contributed by atoms with Crippen LogP contribution in [0.15, 0.2) is 48.5 Å². The van der Waals surface area contributed by atoms with Gasteiger partial charge in [-0.15, -0.1) is 0 Å². The summed E-state index contributed by atoms with van der Waals surface area (Å²) in [4.78, 5) is 17.0. The minimum atomic E-state index is -0.675. The maximum Gasteiger partial charge on any atom is 0.329 e. The van der Waals surface area contributed by atoms with Gasteiger partial charge in [0, 0.05) is 11.8 Å². The number of aryl methyl sites for hydroxylation is 2. The van der Waals surface area contributed by atoms with E-state index >= 15 is 0 Å². The first-order valence-corrected chi connectivity index (χ1v) is 9.02. The number of nitrogens with one attached hydrogen (secondary N) is 1. The molecule has 1 aromatic heterocycles. The average molecular weight is 362 g/mol. The number of carbonyl (C=O) groups excluding carboxylic acids is 1. The Bertz CT molecular complexity index is 1050. The summed E-state index contributed by atoms with van der Waals surface area (Å²) < 4.78 is 5.77. The molecule has 2 unspecified atom stereocenters. The summed E-state index contributed by atoms with van der Waals surface area (Å²) in [5.74, 6) is 0.359. The van der Waals surface area contributed by atoms with Gasteiger partial charge in [-0.3, -0.25) is 0 Å². The molecule has 2 aromatic carbocycles. The molecule has 0 spiro atoms. The Morgan fingerprint density at radius 1 is 1.19 bits per heavy atom. The van der Waals surface area contributed by atoms with Crippen molar-refractivity contribution in [3.05, 3.63) is 65.2 Å². The SMILES string of the molecule is Cc1ccc(C2(C)CC(Nc3ccc4cccc(O)c4n3)C(=O)O2)c(C)c1.